The average Bonchev–Trinajstić information content (AvgIpc) is 3.08. The molecule has 25 heavy (non-hydrogen) atoms. The van der Waals surface area contributed by atoms with Gasteiger partial charge in [0.15, 0.2) is 0 Å². The Bertz CT molecular complexity index is 490. The number of benzene rings is 1. The van der Waals surface area contributed by atoms with Crippen molar-refractivity contribution in [3.05, 3.63) is 35.4 Å². The van der Waals surface area contributed by atoms with Crippen LogP contribution in [-0.4, -0.2) is 50.2 Å². The van der Waals surface area contributed by atoms with E-state index in [1.54, 1.807) is 7.11 Å². The Morgan fingerprint density at radius 2 is 1.84 bits per heavy atom. The molecule has 1 aromatic rings. The van der Waals surface area contributed by atoms with Crippen LogP contribution in [0.25, 0.3) is 0 Å². The first kappa shape index (κ1) is 24.1. The van der Waals surface area contributed by atoms with Gasteiger partial charge in [-0.3, -0.25) is 9.69 Å². The van der Waals surface area contributed by atoms with E-state index in [0.29, 0.717) is 19.5 Å². The molecule has 1 aliphatic rings. The maximum Gasteiger partial charge on any atom is 0.222 e. The van der Waals surface area contributed by atoms with Crippen molar-refractivity contribution in [1.29, 1.82) is 0 Å². The van der Waals surface area contributed by atoms with E-state index >= 15 is 0 Å². The van der Waals surface area contributed by atoms with E-state index < -0.39 is 0 Å². The van der Waals surface area contributed by atoms with Gasteiger partial charge in [-0.2, -0.15) is 0 Å². The number of nitrogens with two attached hydrogens (primary N) is 1. The summed E-state index contributed by atoms with van der Waals surface area (Å²) in [5.74, 6) is -0.00129. The minimum atomic E-state index is -0.209. The number of nitrogens with zero attached hydrogens (tertiary/aromatic N) is 1. The third-order valence-electron chi connectivity index (χ3n) is 4.55. The van der Waals surface area contributed by atoms with Crippen LogP contribution in [0.2, 0.25) is 0 Å². The number of hydrogen-bond acceptors (Lipinski definition) is 4. The molecule has 2 rings (SSSR count). The molecule has 1 aromatic carbocycles. The van der Waals surface area contributed by atoms with Gasteiger partial charge in [0.2, 0.25) is 5.91 Å². The van der Waals surface area contributed by atoms with E-state index in [2.05, 4.69) is 41.4 Å². The first-order valence-electron chi connectivity index (χ1n) is 8.44. The Balaban J connectivity index is 0.00000288. The lowest BCUT2D eigenvalue weighted by Gasteiger charge is -2.28. The molecule has 1 fully saturated rings. The lowest BCUT2D eigenvalue weighted by molar-refractivity contribution is -0.123. The van der Waals surface area contributed by atoms with Crippen LogP contribution in [0.1, 0.15) is 36.4 Å². The van der Waals surface area contributed by atoms with E-state index in [0.717, 1.165) is 13.1 Å². The lowest BCUT2D eigenvalue weighted by Crippen LogP contribution is -2.38. The standard InChI is InChI=1S/C18H29N3O2.2ClH/c1-14-5-7-15(8-6-14)17(21-9-3-4-10-21)13-20-18(22)11-16(12-19)23-2;;/h5-8,16-17H,3-4,9-13,19H2,1-2H3,(H,20,22);2*1H. The Labute approximate surface area is 163 Å². The van der Waals surface area contributed by atoms with Crippen LogP contribution in [0.5, 0.6) is 0 Å². The van der Waals surface area contributed by atoms with E-state index in [1.807, 2.05) is 0 Å². The maximum absolute atomic E-state index is 12.1. The van der Waals surface area contributed by atoms with Gasteiger partial charge < -0.3 is 15.8 Å². The van der Waals surface area contributed by atoms with Crippen molar-refractivity contribution in [2.75, 3.05) is 33.3 Å². The molecule has 0 aromatic heterocycles. The molecule has 7 heteroatoms. The van der Waals surface area contributed by atoms with Crippen LogP contribution in [0, 0.1) is 6.92 Å². The number of carbonyl (C=O) groups is 1. The van der Waals surface area contributed by atoms with Crippen molar-refractivity contribution in [3.63, 3.8) is 0 Å². The number of ether oxygens (including phenoxy) is 1. The molecule has 5 nitrogen and oxygen atoms in total. The molecule has 0 saturated carbocycles. The summed E-state index contributed by atoms with van der Waals surface area (Å²) < 4.78 is 5.18. The zero-order valence-corrected chi connectivity index (χ0v) is 16.7. The van der Waals surface area contributed by atoms with Crippen LogP contribution < -0.4 is 11.1 Å². The van der Waals surface area contributed by atoms with Crippen molar-refractivity contribution in [2.24, 2.45) is 5.73 Å². The Morgan fingerprint density at radius 1 is 1.24 bits per heavy atom. The van der Waals surface area contributed by atoms with Gasteiger partial charge in [-0.25, -0.2) is 0 Å². The zero-order valence-electron chi connectivity index (χ0n) is 15.1. The summed E-state index contributed by atoms with van der Waals surface area (Å²) in [6.07, 6.45) is 2.57. The van der Waals surface area contributed by atoms with Crippen molar-refractivity contribution >= 4 is 30.7 Å². The first-order chi connectivity index (χ1) is 11.1. The quantitative estimate of drug-likeness (QED) is 0.713. The summed E-state index contributed by atoms with van der Waals surface area (Å²) in [6, 6.07) is 8.84. The van der Waals surface area contributed by atoms with E-state index in [-0.39, 0.29) is 42.9 Å². The SMILES string of the molecule is COC(CN)CC(=O)NCC(c1ccc(C)cc1)N1CCCC1.Cl.Cl. The largest absolute Gasteiger partial charge is 0.380 e. The predicted octanol–water partition coefficient (Wildman–Crippen LogP) is 2.46. The summed E-state index contributed by atoms with van der Waals surface area (Å²) in [7, 11) is 1.59. The van der Waals surface area contributed by atoms with Crippen molar-refractivity contribution < 1.29 is 9.53 Å². The average molecular weight is 392 g/mol. The predicted molar refractivity (Wildman–Crippen MR) is 107 cm³/mol. The summed E-state index contributed by atoms with van der Waals surface area (Å²) in [6.45, 7) is 5.27. The minimum absolute atomic E-state index is 0. The van der Waals surface area contributed by atoms with Gasteiger partial charge in [-0.05, 0) is 38.4 Å². The normalized spacial score (nSPS) is 16.4. The molecular formula is C18H31Cl2N3O2. The molecule has 0 spiro atoms. The Hall–Kier alpha value is -0.850. The third-order valence-corrected chi connectivity index (χ3v) is 4.55. The molecule has 1 aliphatic heterocycles. The number of carbonyl (C=O) groups excluding carboxylic acids is 1. The molecule has 0 bridgehead atoms. The second-order valence-electron chi connectivity index (χ2n) is 6.27. The topological polar surface area (TPSA) is 67.6 Å². The van der Waals surface area contributed by atoms with E-state index in [1.165, 1.54) is 24.0 Å². The Morgan fingerprint density at radius 3 is 2.36 bits per heavy atom. The zero-order chi connectivity index (χ0) is 16.7. The Kier molecular flexibility index (Phi) is 12.1. The van der Waals surface area contributed by atoms with Gasteiger partial charge in [-0.15, -0.1) is 24.8 Å². The van der Waals surface area contributed by atoms with Crippen LogP contribution >= 0.6 is 24.8 Å². The minimum Gasteiger partial charge on any atom is -0.380 e. The third kappa shape index (κ3) is 7.50. The van der Waals surface area contributed by atoms with Gasteiger partial charge in [0, 0.05) is 20.2 Å². The highest BCUT2D eigenvalue weighted by molar-refractivity contribution is 5.85. The van der Waals surface area contributed by atoms with Gasteiger partial charge in [0.05, 0.1) is 18.6 Å². The summed E-state index contributed by atoms with van der Waals surface area (Å²) in [4.78, 5) is 14.6. The molecule has 0 aliphatic carbocycles. The number of aryl methyl sites for hydroxylation is 1. The van der Waals surface area contributed by atoms with Crippen molar-refractivity contribution in [2.45, 2.75) is 38.3 Å². The van der Waals surface area contributed by atoms with Crippen LogP contribution in [-0.2, 0) is 9.53 Å². The van der Waals surface area contributed by atoms with Gasteiger partial charge in [0.25, 0.3) is 0 Å². The highest BCUT2D eigenvalue weighted by atomic mass is 35.5. The number of rotatable bonds is 8. The smallest absolute Gasteiger partial charge is 0.222 e. The van der Waals surface area contributed by atoms with Crippen molar-refractivity contribution in [1.82, 2.24) is 10.2 Å². The van der Waals surface area contributed by atoms with Crippen LogP contribution in [0.3, 0.4) is 0 Å². The molecule has 2 atom stereocenters. The number of likely N-dealkylation sites (tertiary alicyclic amines) is 1. The fourth-order valence-electron chi connectivity index (χ4n) is 3.05. The number of nitrogens with one attached hydrogen (secondary N) is 1. The second-order valence-corrected chi connectivity index (χ2v) is 6.27. The number of amides is 1. The molecular weight excluding hydrogens is 361 g/mol. The summed E-state index contributed by atoms with van der Waals surface area (Å²) in [5.41, 5.74) is 8.10. The highest BCUT2D eigenvalue weighted by Gasteiger charge is 2.24. The first-order valence-corrected chi connectivity index (χ1v) is 8.44. The van der Waals surface area contributed by atoms with Crippen LogP contribution in [0.15, 0.2) is 24.3 Å². The molecule has 1 saturated heterocycles. The molecule has 2 unspecified atom stereocenters. The fraction of sp³-hybridized carbons (Fsp3) is 0.611. The van der Waals surface area contributed by atoms with E-state index in [9.17, 15) is 4.79 Å². The van der Waals surface area contributed by atoms with Gasteiger partial charge >= 0.3 is 0 Å². The van der Waals surface area contributed by atoms with E-state index in [4.69, 9.17) is 10.5 Å². The lowest BCUT2D eigenvalue weighted by atomic mass is 10.0. The molecule has 144 valence electrons. The maximum atomic E-state index is 12.1. The summed E-state index contributed by atoms with van der Waals surface area (Å²) >= 11 is 0. The fourth-order valence-corrected chi connectivity index (χ4v) is 3.05. The van der Waals surface area contributed by atoms with Crippen molar-refractivity contribution in [3.8, 4) is 0 Å². The number of halogens is 2. The molecule has 1 amide bonds. The number of hydrogen-bond donors (Lipinski definition) is 2. The molecule has 3 N–H and O–H groups in total. The van der Waals surface area contributed by atoms with Crippen LogP contribution in [0.4, 0.5) is 0 Å². The number of methoxy groups -OCH3 is 1. The molecule has 1 heterocycles. The highest BCUT2D eigenvalue weighted by Crippen LogP contribution is 2.24. The monoisotopic (exact) mass is 391 g/mol. The van der Waals surface area contributed by atoms with Gasteiger partial charge in [-0.1, -0.05) is 29.8 Å². The summed E-state index contributed by atoms with van der Waals surface area (Å²) in [5, 5.41) is 3.06. The second kappa shape index (κ2) is 12.5. The molecule has 0 radical (unpaired) electrons. The van der Waals surface area contributed by atoms with Gasteiger partial charge in [0.1, 0.15) is 0 Å².